The van der Waals surface area contributed by atoms with E-state index in [4.69, 9.17) is 0 Å². The van der Waals surface area contributed by atoms with Crippen molar-refractivity contribution in [3.8, 4) is 11.4 Å². The van der Waals surface area contributed by atoms with E-state index in [0.717, 1.165) is 24.1 Å². The van der Waals surface area contributed by atoms with E-state index >= 15 is 0 Å². The zero-order valence-corrected chi connectivity index (χ0v) is 11.4. The lowest BCUT2D eigenvalue weighted by Gasteiger charge is -2.10. The predicted octanol–water partition coefficient (Wildman–Crippen LogP) is 3.54. The average Bonchev–Trinajstić information content (AvgIpc) is 2.90. The molecular formula is C16H17FN2O. The first-order chi connectivity index (χ1) is 9.61. The van der Waals surface area contributed by atoms with Gasteiger partial charge < -0.3 is 4.98 Å². The van der Waals surface area contributed by atoms with Crippen molar-refractivity contribution in [1.82, 2.24) is 9.97 Å². The van der Waals surface area contributed by atoms with E-state index in [9.17, 15) is 9.18 Å². The van der Waals surface area contributed by atoms with Gasteiger partial charge in [-0.1, -0.05) is 12.8 Å². The normalized spacial score (nSPS) is 15.7. The van der Waals surface area contributed by atoms with Crippen molar-refractivity contribution >= 4 is 0 Å². The van der Waals surface area contributed by atoms with Crippen molar-refractivity contribution in [2.75, 3.05) is 0 Å². The minimum Gasteiger partial charge on any atom is -0.307 e. The van der Waals surface area contributed by atoms with Crippen molar-refractivity contribution in [3.63, 3.8) is 0 Å². The van der Waals surface area contributed by atoms with Gasteiger partial charge in [-0.05, 0) is 43.5 Å². The van der Waals surface area contributed by atoms with Crippen molar-refractivity contribution in [2.45, 2.75) is 38.5 Å². The van der Waals surface area contributed by atoms with Gasteiger partial charge in [0.1, 0.15) is 11.6 Å². The van der Waals surface area contributed by atoms with Gasteiger partial charge in [0.15, 0.2) is 0 Å². The maximum atomic E-state index is 13.5. The second-order valence-corrected chi connectivity index (χ2v) is 5.52. The highest BCUT2D eigenvalue weighted by Gasteiger charge is 2.19. The van der Waals surface area contributed by atoms with E-state index < -0.39 is 0 Å². The van der Waals surface area contributed by atoms with Gasteiger partial charge in [-0.3, -0.25) is 4.79 Å². The lowest BCUT2D eigenvalue weighted by Crippen LogP contribution is -2.12. The first kappa shape index (κ1) is 13.0. The second-order valence-electron chi connectivity index (χ2n) is 5.52. The van der Waals surface area contributed by atoms with Crippen LogP contribution in [0.5, 0.6) is 0 Å². The number of nitrogens with zero attached hydrogens (tertiary/aromatic N) is 1. The number of H-pyrrole nitrogens is 1. The van der Waals surface area contributed by atoms with Crippen molar-refractivity contribution in [3.05, 3.63) is 51.7 Å². The fourth-order valence-corrected chi connectivity index (χ4v) is 2.92. The highest BCUT2D eigenvalue weighted by molar-refractivity contribution is 5.56. The van der Waals surface area contributed by atoms with Crippen LogP contribution in [-0.2, 0) is 0 Å². The Balaban J connectivity index is 2.06. The van der Waals surface area contributed by atoms with Crippen molar-refractivity contribution in [1.29, 1.82) is 0 Å². The SMILES string of the molecule is Cc1cc(F)cc(-c2nc(C3CCCC3)cc(=O)[nH]2)c1. The summed E-state index contributed by atoms with van der Waals surface area (Å²) in [5, 5.41) is 0. The molecule has 0 bridgehead atoms. The molecule has 1 N–H and O–H groups in total. The van der Waals surface area contributed by atoms with Crippen LogP contribution in [0.4, 0.5) is 4.39 Å². The molecule has 0 unspecified atom stereocenters. The van der Waals surface area contributed by atoms with Crippen LogP contribution in [0.3, 0.4) is 0 Å². The van der Waals surface area contributed by atoms with E-state index in [0.29, 0.717) is 17.3 Å². The van der Waals surface area contributed by atoms with Gasteiger partial charge in [0, 0.05) is 17.5 Å². The summed E-state index contributed by atoms with van der Waals surface area (Å²) >= 11 is 0. The van der Waals surface area contributed by atoms with Gasteiger partial charge in [-0.25, -0.2) is 9.37 Å². The number of hydrogen-bond acceptors (Lipinski definition) is 2. The summed E-state index contributed by atoms with van der Waals surface area (Å²) in [5.41, 5.74) is 2.11. The Morgan fingerprint density at radius 2 is 1.95 bits per heavy atom. The van der Waals surface area contributed by atoms with Gasteiger partial charge in [0.25, 0.3) is 5.56 Å². The molecule has 104 valence electrons. The number of aromatic amines is 1. The molecule has 0 atom stereocenters. The van der Waals surface area contributed by atoms with Gasteiger partial charge in [0.2, 0.25) is 0 Å². The summed E-state index contributed by atoms with van der Waals surface area (Å²) in [6.45, 7) is 1.82. The van der Waals surface area contributed by atoms with Crippen LogP contribution in [-0.4, -0.2) is 9.97 Å². The fraction of sp³-hybridized carbons (Fsp3) is 0.375. The van der Waals surface area contributed by atoms with Crippen LogP contribution in [0.2, 0.25) is 0 Å². The van der Waals surface area contributed by atoms with Crippen molar-refractivity contribution in [2.24, 2.45) is 0 Å². The monoisotopic (exact) mass is 272 g/mol. The van der Waals surface area contributed by atoms with Crippen LogP contribution in [0, 0.1) is 12.7 Å². The van der Waals surface area contributed by atoms with Crippen LogP contribution < -0.4 is 5.56 Å². The standard InChI is InChI=1S/C16H17FN2O/c1-10-6-12(8-13(17)7-10)16-18-14(9-15(20)19-16)11-4-2-3-5-11/h6-9,11H,2-5H2,1H3,(H,18,19,20). The third kappa shape index (κ3) is 2.64. The van der Waals surface area contributed by atoms with E-state index in [1.54, 1.807) is 6.07 Å². The topological polar surface area (TPSA) is 45.8 Å². The fourth-order valence-electron chi connectivity index (χ4n) is 2.92. The quantitative estimate of drug-likeness (QED) is 0.908. The Morgan fingerprint density at radius 3 is 2.65 bits per heavy atom. The highest BCUT2D eigenvalue weighted by Crippen LogP contribution is 2.33. The molecule has 0 spiro atoms. The molecule has 2 aromatic rings. The Kier molecular flexibility index (Phi) is 3.38. The van der Waals surface area contributed by atoms with E-state index in [-0.39, 0.29) is 11.4 Å². The van der Waals surface area contributed by atoms with Gasteiger partial charge >= 0.3 is 0 Å². The van der Waals surface area contributed by atoms with E-state index in [1.165, 1.54) is 25.0 Å². The highest BCUT2D eigenvalue weighted by atomic mass is 19.1. The number of aryl methyl sites for hydroxylation is 1. The summed E-state index contributed by atoms with van der Waals surface area (Å²) in [5.74, 6) is 0.515. The second kappa shape index (κ2) is 5.19. The summed E-state index contributed by atoms with van der Waals surface area (Å²) in [7, 11) is 0. The number of aromatic nitrogens is 2. The van der Waals surface area contributed by atoms with Crippen LogP contribution in [0.1, 0.15) is 42.9 Å². The number of rotatable bonds is 2. The summed E-state index contributed by atoms with van der Waals surface area (Å²) in [6.07, 6.45) is 4.54. The lowest BCUT2D eigenvalue weighted by molar-refractivity contribution is 0.627. The molecule has 1 saturated carbocycles. The molecule has 20 heavy (non-hydrogen) atoms. The van der Waals surface area contributed by atoms with E-state index in [2.05, 4.69) is 9.97 Å². The third-order valence-electron chi connectivity index (χ3n) is 3.85. The van der Waals surface area contributed by atoms with E-state index in [1.807, 2.05) is 13.0 Å². The van der Waals surface area contributed by atoms with Crippen LogP contribution in [0.25, 0.3) is 11.4 Å². The molecule has 1 aromatic heterocycles. The molecule has 3 rings (SSSR count). The smallest absolute Gasteiger partial charge is 0.251 e. The number of nitrogens with one attached hydrogen (secondary N) is 1. The average molecular weight is 272 g/mol. The minimum atomic E-state index is -0.311. The molecule has 0 radical (unpaired) electrons. The maximum absolute atomic E-state index is 13.5. The first-order valence-corrected chi connectivity index (χ1v) is 7.00. The Bertz CT molecular complexity index is 667. The Morgan fingerprint density at radius 1 is 1.20 bits per heavy atom. The molecule has 1 aliphatic carbocycles. The lowest BCUT2D eigenvalue weighted by atomic mass is 10.0. The molecule has 0 saturated heterocycles. The minimum absolute atomic E-state index is 0.168. The molecule has 1 heterocycles. The molecule has 0 aliphatic heterocycles. The summed E-state index contributed by atoms with van der Waals surface area (Å²) < 4.78 is 13.5. The van der Waals surface area contributed by atoms with Crippen LogP contribution >= 0.6 is 0 Å². The van der Waals surface area contributed by atoms with Gasteiger partial charge in [0.05, 0.1) is 5.69 Å². The van der Waals surface area contributed by atoms with Gasteiger partial charge in [-0.2, -0.15) is 0 Å². The van der Waals surface area contributed by atoms with Crippen LogP contribution in [0.15, 0.2) is 29.1 Å². The number of halogens is 1. The molecule has 0 amide bonds. The van der Waals surface area contributed by atoms with Gasteiger partial charge in [-0.15, -0.1) is 0 Å². The van der Waals surface area contributed by atoms with Crippen molar-refractivity contribution < 1.29 is 4.39 Å². The predicted molar refractivity (Wildman–Crippen MR) is 76.2 cm³/mol. The summed E-state index contributed by atoms with van der Waals surface area (Å²) in [6, 6.07) is 6.28. The first-order valence-electron chi connectivity index (χ1n) is 7.00. The molecule has 4 heteroatoms. The maximum Gasteiger partial charge on any atom is 0.251 e. The molecule has 1 fully saturated rings. The Hall–Kier alpha value is -1.97. The Labute approximate surface area is 116 Å². The number of hydrogen-bond donors (Lipinski definition) is 1. The molecule has 1 aliphatic rings. The molecule has 3 nitrogen and oxygen atoms in total. The zero-order valence-electron chi connectivity index (χ0n) is 11.4. The summed E-state index contributed by atoms with van der Waals surface area (Å²) in [4.78, 5) is 19.1. The molecular weight excluding hydrogens is 255 g/mol. The largest absolute Gasteiger partial charge is 0.307 e. The third-order valence-corrected chi connectivity index (χ3v) is 3.85. The number of benzene rings is 1. The zero-order chi connectivity index (χ0) is 14.1. The molecule has 1 aromatic carbocycles.